The first kappa shape index (κ1) is 32.7. The van der Waals surface area contributed by atoms with Crippen molar-refractivity contribution in [3.63, 3.8) is 0 Å². The van der Waals surface area contributed by atoms with Gasteiger partial charge in [-0.05, 0) is 68.5 Å². The lowest BCUT2D eigenvalue weighted by atomic mass is 10.1. The van der Waals surface area contributed by atoms with E-state index in [0.717, 1.165) is 26.6 Å². The van der Waals surface area contributed by atoms with Crippen molar-refractivity contribution in [2.45, 2.75) is 65.4 Å². The average molecular weight is 594 g/mol. The first-order valence-electron chi connectivity index (χ1n) is 14.2. The normalized spacial score (nSPS) is 12.1. The summed E-state index contributed by atoms with van der Waals surface area (Å²) in [5.74, 6) is -0.221. The predicted molar refractivity (Wildman–Crippen MR) is 167 cm³/mol. The van der Waals surface area contributed by atoms with Crippen LogP contribution in [0.4, 0.5) is 5.69 Å². The summed E-state index contributed by atoms with van der Waals surface area (Å²) < 4.78 is 34.9. The van der Waals surface area contributed by atoms with Crippen LogP contribution in [0, 0.1) is 26.7 Å². The van der Waals surface area contributed by atoms with Gasteiger partial charge in [-0.15, -0.1) is 0 Å². The van der Waals surface area contributed by atoms with Gasteiger partial charge in [0.25, 0.3) is 10.0 Å². The molecule has 3 aromatic carbocycles. The molecular weight excluding hydrogens is 550 g/mol. The zero-order chi connectivity index (χ0) is 31.0. The standard InChI is InChI=1S/C33H43N3O5S/c1-8-29(33(38)34-20-23(2)3)35(21-27-14-9-24(4)10-15-27)32(37)22-36(30-19-26(6)13-18-31(30)41-7)42(39,40)28-16-11-25(5)12-17-28/h9-19,23,29H,8,20-22H2,1-7H3,(H,34,38)/t29-/m0/s1. The molecule has 9 heteroatoms. The van der Waals surface area contributed by atoms with E-state index < -0.39 is 28.5 Å². The summed E-state index contributed by atoms with van der Waals surface area (Å²) in [5.41, 5.74) is 3.87. The number of hydrogen-bond donors (Lipinski definition) is 1. The van der Waals surface area contributed by atoms with E-state index in [0.29, 0.717) is 18.7 Å². The molecule has 0 aliphatic heterocycles. The van der Waals surface area contributed by atoms with Gasteiger partial charge in [0.2, 0.25) is 11.8 Å². The number of methoxy groups -OCH3 is 1. The quantitative estimate of drug-likeness (QED) is 0.287. The molecule has 0 fully saturated rings. The smallest absolute Gasteiger partial charge is 0.264 e. The minimum Gasteiger partial charge on any atom is -0.495 e. The predicted octanol–water partition coefficient (Wildman–Crippen LogP) is 5.40. The van der Waals surface area contributed by atoms with Crippen molar-refractivity contribution in [1.29, 1.82) is 0 Å². The van der Waals surface area contributed by atoms with E-state index in [1.165, 1.54) is 24.1 Å². The van der Waals surface area contributed by atoms with Gasteiger partial charge in [-0.25, -0.2) is 8.42 Å². The molecule has 1 N–H and O–H groups in total. The molecule has 0 saturated carbocycles. The number of nitrogens with zero attached hydrogens (tertiary/aromatic N) is 2. The van der Waals surface area contributed by atoms with Crippen LogP contribution in [0.1, 0.15) is 49.4 Å². The summed E-state index contributed by atoms with van der Waals surface area (Å²) in [4.78, 5) is 29.2. The maximum Gasteiger partial charge on any atom is 0.264 e. The second-order valence-electron chi connectivity index (χ2n) is 11.1. The van der Waals surface area contributed by atoms with Crippen LogP contribution in [0.2, 0.25) is 0 Å². The molecule has 8 nitrogen and oxygen atoms in total. The third-order valence-corrected chi connectivity index (χ3v) is 8.81. The second-order valence-corrected chi connectivity index (χ2v) is 12.9. The second kappa shape index (κ2) is 14.4. The molecule has 0 heterocycles. The highest BCUT2D eigenvalue weighted by Gasteiger charge is 2.34. The molecule has 0 saturated heterocycles. The molecular formula is C33H43N3O5S. The molecule has 0 aliphatic carbocycles. The molecule has 3 aromatic rings. The van der Waals surface area contributed by atoms with Gasteiger partial charge in [0, 0.05) is 13.1 Å². The Balaban J connectivity index is 2.11. The van der Waals surface area contributed by atoms with Crippen LogP contribution in [0.3, 0.4) is 0 Å². The number of rotatable bonds is 13. The Kier molecular flexibility index (Phi) is 11.2. The summed E-state index contributed by atoms with van der Waals surface area (Å²) >= 11 is 0. The zero-order valence-corrected chi connectivity index (χ0v) is 26.5. The third-order valence-electron chi connectivity index (χ3n) is 7.03. The number of aryl methyl sites for hydroxylation is 3. The third kappa shape index (κ3) is 8.12. The number of carbonyl (C=O) groups is 2. The molecule has 0 bridgehead atoms. The van der Waals surface area contributed by atoms with Crippen LogP contribution in [-0.2, 0) is 26.2 Å². The van der Waals surface area contributed by atoms with Gasteiger partial charge in [0.1, 0.15) is 18.3 Å². The van der Waals surface area contributed by atoms with Crippen molar-refractivity contribution < 1.29 is 22.7 Å². The molecule has 1 atom stereocenters. The van der Waals surface area contributed by atoms with E-state index in [-0.39, 0.29) is 29.0 Å². The highest BCUT2D eigenvalue weighted by molar-refractivity contribution is 7.92. The number of sulfonamides is 1. The molecule has 226 valence electrons. The molecule has 0 aliphatic rings. The maximum atomic E-state index is 14.3. The van der Waals surface area contributed by atoms with Crippen molar-refractivity contribution in [3.05, 3.63) is 89.0 Å². The molecule has 42 heavy (non-hydrogen) atoms. The number of hydrogen-bond acceptors (Lipinski definition) is 5. The lowest BCUT2D eigenvalue weighted by Crippen LogP contribution is -2.52. The lowest BCUT2D eigenvalue weighted by Gasteiger charge is -2.33. The minimum absolute atomic E-state index is 0.0521. The molecule has 0 radical (unpaired) electrons. The topological polar surface area (TPSA) is 96.0 Å². The Labute approximate surface area is 250 Å². The van der Waals surface area contributed by atoms with Crippen molar-refractivity contribution in [1.82, 2.24) is 10.2 Å². The molecule has 0 spiro atoms. The van der Waals surface area contributed by atoms with Crippen molar-refractivity contribution in [3.8, 4) is 5.75 Å². The van der Waals surface area contributed by atoms with E-state index >= 15 is 0 Å². The summed E-state index contributed by atoms with van der Waals surface area (Å²) in [6.07, 6.45) is 0.361. The Morgan fingerprint density at radius 3 is 2.00 bits per heavy atom. The van der Waals surface area contributed by atoms with Crippen LogP contribution >= 0.6 is 0 Å². The number of amides is 2. The van der Waals surface area contributed by atoms with Gasteiger partial charge in [0.15, 0.2) is 0 Å². The van der Waals surface area contributed by atoms with Crippen LogP contribution in [0.15, 0.2) is 71.6 Å². The molecule has 0 aromatic heterocycles. The van der Waals surface area contributed by atoms with E-state index in [9.17, 15) is 18.0 Å². The van der Waals surface area contributed by atoms with Gasteiger partial charge in [-0.2, -0.15) is 0 Å². The maximum absolute atomic E-state index is 14.3. The summed E-state index contributed by atoms with van der Waals surface area (Å²) in [7, 11) is -2.74. The summed E-state index contributed by atoms with van der Waals surface area (Å²) in [6, 6.07) is 18.6. The van der Waals surface area contributed by atoms with Gasteiger partial charge in [0.05, 0.1) is 17.7 Å². The van der Waals surface area contributed by atoms with Crippen LogP contribution in [0.5, 0.6) is 5.75 Å². The van der Waals surface area contributed by atoms with Gasteiger partial charge >= 0.3 is 0 Å². The number of ether oxygens (including phenoxy) is 1. The van der Waals surface area contributed by atoms with E-state index in [2.05, 4.69) is 5.32 Å². The SMILES string of the molecule is CC[C@@H](C(=O)NCC(C)C)N(Cc1ccc(C)cc1)C(=O)CN(c1cc(C)ccc1OC)S(=O)(=O)c1ccc(C)cc1. The number of carbonyl (C=O) groups excluding carboxylic acids is 2. The first-order chi connectivity index (χ1) is 19.9. The Hall–Kier alpha value is -3.85. The van der Waals surface area contributed by atoms with Crippen molar-refractivity contribution in [2.24, 2.45) is 5.92 Å². The molecule has 2 amide bonds. The van der Waals surface area contributed by atoms with Crippen LogP contribution in [0.25, 0.3) is 0 Å². The Morgan fingerprint density at radius 2 is 1.45 bits per heavy atom. The van der Waals surface area contributed by atoms with E-state index in [1.54, 1.807) is 24.3 Å². The molecule has 3 rings (SSSR count). The molecule has 0 unspecified atom stereocenters. The van der Waals surface area contributed by atoms with Crippen LogP contribution in [-0.4, -0.2) is 51.4 Å². The number of benzene rings is 3. The van der Waals surface area contributed by atoms with Gasteiger partial charge in [-0.1, -0.05) is 74.4 Å². The highest BCUT2D eigenvalue weighted by Crippen LogP contribution is 2.34. The summed E-state index contributed by atoms with van der Waals surface area (Å²) in [5, 5.41) is 2.95. The zero-order valence-electron chi connectivity index (χ0n) is 25.7. The fraction of sp³-hybridized carbons (Fsp3) is 0.394. The van der Waals surface area contributed by atoms with Gasteiger partial charge in [-0.3, -0.25) is 13.9 Å². The van der Waals surface area contributed by atoms with Crippen molar-refractivity contribution >= 4 is 27.5 Å². The monoisotopic (exact) mass is 593 g/mol. The lowest BCUT2D eigenvalue weighted by molar-refractivity contribution is -0.140. The fourth-order valence-electron chi connectivity index (χ4n) is 4.58. The van der Waals surface area contributed by atoms with E-state index in [4.69, 9.17) is 4.74 Å². The van der Waals surface area contributed by atoms with Crippen LogP contribution < -0.4 is 14.4 Å². The average Bonchev–Trinajstić information content (AvgIpc) is 2.95. The minimum atomic E-state index is -4.20. The largest absolute Gasteiger partial charge is 0.495 e. The van der Waals surface area contributed by atoms with E-state index in [1.807, 2.05) is 71.9 Å². The Morgan fingerprint density at radius 1 is 0.881 bits per heavy atom. The number of nitrogens with one attached hydrogen (secondary N) is 1. The Bertz CT molecular complexity index is 1470. The first-order valence-corrected chi connectivity index (χ1v) is 15.7. The van der Waals surface area contributed by atoms with Gasteiger partial charge < -0.3 is 15.0 Å². The fourth-order valence-corrected chi connectivity index (χ4v) is 5.99. The number of anilines is 1. The van der Waals surface area contributed by atoms with Crippen molar-refractivity contribution in [2.75, 3.05) is 24.5 Å². The summed E-state index contributed by atoms with van der Waals surface area (Å²) in [6.45, 7) is 11.6. The highest BCUT2D eigenvalue weighted by atomic mass is 32.2.